The second-order valence-corrected chi connectivity index (χ2v) is 6.61. The predicted molar refractivity (Wildman–Crippen MR) is 94.4 cm³/mol. The molecule has 0 bridgehead atoms. The first kappa shape index (κ1) is 17.4. The molecule has 1 aromatic carbocycles. The summed E-state index contributed by atoms with van der Waals surface area (Å²) in [4.78, 5) is 33.1. The number of aromatic amines is 1. The number of aliphatic hydroxyl groups excluding tert-OH is 1. The van der Waals surface area contributed by atoms with Crippen molar-refractivity contribution in [2.45, 2.75) is 38.7 Å². The smallest absolute Gasteiger partial charge is 0.254 e. The van der Waals surface area contributed by atoms with Gasteiger partial charge in [0.2, 0.25) is 5.91 Å². The first-order valence-electron chi connectivity index (χ1n) is 8.53. The lowest BCUT2D eigenvalue weighted by molar-refractivity contribution is -0.134. The summed E-state index contributed by atoms with van der Waals surface area (Å²) in [5.74, 6) is 0.430. The lowest BCUT2D eigenvalue weighted by Gasteiger charge is -2.36. The minimum Gasteiger partial charge on any atom is -0.391 e. The van der Waals surface area contributed by atoms with Gasteiger partial charge < -0.3 is 15.0 Å². The number of rotatable bonds is 3. The maximum atomic E-state index is 12.6. The van der Waals surface area contributed by atoms with E-state index >= 15 is 0 Å². The fourth-order valence-electron chi connectivity index (χ4n) is 3.47. The van der Waals surface area contributed by atoms with Crippen LogP contribution in [0.15, 0.2) is 35.1 Å². The number of H-pyrrole nitrogens is 1. The maximum Gasteiger partial charge on any atom is 0.254 e. The molecule has 0 radical (unpaired) electrons. The molecule has 3 rings (SSSR count). The van der Waals surface area contributed by atoms with Crippen molar-refractivity contribution in [2.24, 2.45) is 0 Å². The first-order valence-corrected chi connectivity index (χ1v) is 8.53. The Labute approximate surface area is 146 Å². The Morgan fingerprint density at radius 2 is 2.04 bits per heavy atom. The van der Waals surface area contributed by atoms with Gasteiger partial charge in [-0.1, -0.05) is 30.3 Å². The van der Waals surface area contributed by atoms with Crippen LogP contribution in [-0.4, -0.2) is 45.1 Å². The zero-order valence-corrected chi connectivity index (χ0v) is 14.5. The predicted octanol–water partition coefficient (Wildman–Crippen LogP) is 1.31. The van der Waals surface area contributed by atoms with Crippen LogP contribution in [0.3, 0.4) is 0 Å². The molecule has 2 N–H and O–H groups in total. The highest BCUT2D eigenvalue weighted by molar-refractivity contribution is 5.79. The Kier molecular flexibility index (Phi) is 4.99. The number of likely N-dealkylation sites (tertiary alicyclic amines) is 1. The number of aromatic nitrogens is 2. The number of nitrogens with one attached hydrogen (secondary N) is 1. The van der Waals surface area contributed by atoms with Gasteiger partial charge in [0.05, 0.1) is 12.5 Å². The largest absolute Gasteiger partial charge is 0.391 e. The number of aryl methyl sites for hydroxylation is 2. The zero-order chi connectivity index (χ0) is 18.0. The third kappa shape index (κ3) is 3.79. The molecule has 1 aliphatic rings. The number of β-amino-alcohol motifs (C(OH)–C–C–N with tert-alkyl or cyclic N) is 1. The van der Waals surface area contributed by atoms with E-state index in [0.29, 0.717) is 30.0 Å². The molecule has 0 unspecified atom stereocenters. The average Bonchev–Trinajstić information content (AvgIpc) is 2.58. The van der Waals surface area contributed by atoms with Crippen molar-refractivity contribution in [1.82, 2.24) is 14.9 Å². The van der Waals surface area contributed by atoms with Gasteiger partial charge in [-0.05, 0) is 25.8 Å². The number of carbonyl (C=O) groups is 1. The van der Waals surface area contributed by atoms with E-state index in [-0.39, 0.29) is 30.3 Å². The van der Waals surface area contributed by atoms with Gasteiger partial charge in [-0.15, -0.1) is 0 Å². The Hall–Kier alpha value is -2.47. The van der Waals surface area contributed by atoms with Crippen molar-refractivity contribution in [3.8, 4) is 0 Å². The molecule has 2 aromatic rings. The third-order valence-electron chi connectivity index (χ3n) is 4.83. The maximum absolute atomic E-state index is 12.6. The molecule has 6 heteroatoms. The summed E-state index contributed by atoms with van der Waals surface area (Å²) in [7, 11) is 0. The van der Waals surface area contributed by atoms with Crippen LogP contribution in [0.2, 0.25) is 0 Å². The van der Waals surface area contributed by atoms with Crippen LogP contribution >= 0.6 is 0 Å². The molecular weight excluding hydrogens is 318 g/mol. The minimum atomic E-state index is -0.601. The number of aliphatic hydroxyl groups is 1. The van der Waals surface area contributed by atoms with Crippen molar-refractivity contribution < 1.29 is 9.90 Å². The van der Waals surface area contributed by atoms with Gasteiger partial charge in [0, 0.05) is 30.3 Å². The van der Waals surface area contributed by atoms with Crippen LogP contribution < -0.4 is 5.56 Å². The number of piperidine rings is 1. The average molecular weight is 341 g/mol. The SMILES string of the molecule is Cc1nc(C)c(CC(=O)N2CC[C@H](c3ccccc3)[C@H](O)C2)c(=O)[nH]1. The zero-order valence-electron chi connectivity index (χ0n) is 14.5. The standard InChI is InChI=1S/C19H23N3O3/c1-12-16(19(25)21-13(2)20-12)10-18(24)22-9-8-15(17(23)11-22)14-6-4-3-5-7-14/h3-7,15,17,23H,8-11H2,1-2H3,(H,20,21,25)/t15-,17-/m1/s1. The molecule has 0 saturated carbocycles. The first-order chi connectivity index (χ1) is 12.0. The van der Waals surface area contributed by atoms with E-state index in [0.717, 1.165) is 5.56 Å². The molecular formula is C19H23N3O3. The van der Waals surface area contributed by atoms with Gasteiger partial charge in [0.15, 0.2) is 0 Å². The summed E-state index contributed by atoms with van der Waals surface area (Å²) in [6, 6.07) is 9.88. The van der Waals surface area contributed by atoms with Gasteiger partial charge in [-0.2, -0.15) is 0 Å². The van der Waals surface area contributed by atoms with Gasteiger partial charge in [0.25, 0.3) is 5.56 Å². The van der Waals surface area contributed by atoms with E-state index in [1.54, 1.807) is 18.7 Å². The van der Waals surface area contributed by atoms with E-state index < -0.39 is 6.10 Å². The number of benzene rings is 1. The number of hydrogen-bond acceptors (Lipinski definition) is 4. The summed E-state index contributed by atoms with van der Waals surface area (Å²) >= 11 is 0. The van der Waals surface area contributed by atoms with E-state index in [4.69, 9.17) is 0 Å². The highest BCUT2D eigenvalue weighted by Crippen LogP contribution is 2.28. The Morgan fingerprint density at radius 1 is 1.32 bits per heavy atom. The van der Waals surface area contributed by atoms with Crippen LogP contribution in [0.5, 0.6) is 0 Å². The van der Waals surface area contributed by atoms with Crippen molar-refractivity contribution >= 4 is 5.91 Å². The van der Waals surface area contributed by atoms with Crippen molar-refractivity contribution in [3.05, 3.63) is 63.3 Å². The molecule has 25 heavy (non-hydrogen) atoms. The van der Waals surface area contributed by atoms with Gasteiger partial charge in [-0.3, -0.25) is 9.59 Å². The molecule has 6 nitrogen and oxygen atoms in total. The van der Waals surface area contributed by atoms with Gasteiger partial charge in [-0.25, -0.2) is 4.98 Å². The summed E-state index contributed by atoms with van der Waals surface area (Å²) in [6.07, 6.45) is 0.117. The van der Waals surface area contributed by atoms with Crippen LogP contribution in [0.4, 0.5) is 0 Å². The second-order valence-electron chi connectivity index (χ2n) is 6.61. The van der Waals surface area contributed by atoms with Crippen molar-refractivity contribution in [2.75, 3.05) is 13.1 Å². The quantitative estimate of drug-likeness (QED) is 0.881. The molecule has 2 atom stereocenters. The van der Waals surface area contributed by atoms with Crippen molar-refractivity contribution in [1.29, 1.82) is 0 Å². The van der Waals surface area contributed by atoms with E-state index in [1.165, 1.54) is 0 Å². The van der Waals surface area contributed by atoms with Gasteiger partial charge >= 0.3 is 0 Å². The fraction of sp³-hybridized carbons (Fsp3) is 0.421. The van der Waals surface area contributed by atoms with E-state index in [1.807, 2.05) is 30.3 Å². The van der Waals surface area contributed by atoms with Crippen LogP contribution in [-0.2, 0) is 11.2 Å². The molecule has 2 heterocycles. The molecule has 0 aliphatic carbocycles. The van der Waals surface area contributed by atoms with Crippen LogP contribution in [0.25, 0.3) is 0 Å². The molecule has 1 saturated heterocycles. The molecule has 1 aromatic heterocycles. The lowest BCUT2D eigenvalue weighted by Crippen LogP contribution is -2.46. The number of amides is 1. The number of hydrogen-bond donors (Lipinski definition) is 2. The fourth-order valence-corrected chi connectivity index (χ4v) is 3.47. The highest BCUT2D eigenvalue weighted by atomic mass is 16.3. The minimum absolute atomic E-state index is 0.0111. The number of nitrogens with zero attached hydrogens (tertiary/aromatic N) is 2. The summed E-state index contributed by atoms with van der Waals surface area (Å²) in [5, 5.41) is 10.5. The third-order valence-corrected chi connectivity index (χ3v) is 4.83. The molecule has 1 aliphatic heterocycles. The van der Waals surface area contributed by atoms with Crippen molar-refractivity contribution in [3.63, 3.8) is 0 Å². The lowest BCUT2D eigenvalue weighted by atomic mass is 9.87. The summed E-state index contributed by atoms with van der Waals surface area (Å²) < 4.78 is 0. The molecule has 1 fully saturated rings. The Balaban J connectivity index is 1.68. The van der Waals surface area contributed by atoms with Gasteiger partial charge in [0.1, 0.15) is 5.82 Å². The normalized spacial score (nSPS) is 20.5. The van der Waals surface area contributed by atoms with E-state index in [2.05, 4.69) is 9.97 Å². The molecule has 0 spiro atoms. The summed E-state index contributed by atoms with van der Waals surface area (Å²) in [5.41, 5.74) is 1.81. The van der Waals surface area contributed by atoms with E-state index in [9.17, 15) is 14.7 Å². The molecule has 132 valence electrons. The topological polar surface area (TPSA) is 86.3 Å². The Bertz CT molecular complexity index is 816. The highest BCUT2D eigenvalue weighted by Gasteiger charge is 2.31. The second kappa shape index (κ2) is 7.19. The van der Waals surface area contributed by atoms with Crippen LogP contribution in [0, 0.1) is 13.8 Å². The number of carbonyl (C=O) groups excluding carboxylic acids is 1. The van der Waals surface area contributed by atoms with Crippen LogP contribution in [0.1, 0.15) is 35.0 Å². The Morgan fingerprint density at radius 3 is 2.68 bits per heavy atom. The molecule has 1 amide bonds. The monoisotopic (exact) mass is 341 g/mol. The summed E-state index contributed by atoms with van der Waals surface area (Å²) in [6.45, 7) is 4.31.